The Kier molecular flexibility index (Phi) is 4.54. The summed E-state index contributed by atoms with van der Waals surface area (Å²) in [5, 5.41) is 0. The summed E-state index contributed by atoms with van der Waals surface area (Å²) in [6, 6.07) is 12.0. The number of carbonyl (C=O) groups excluding carboxylic acids is 1. The number of benzene rings is 2. The van der Waals surface area contributed by atoms with Crippen molar-refractivity contribution in [2.24, 2.45) is 0 Å². The average Bonchev–Trinajstić information content (AvgIpc) is 2.46. The second-order valence-corrected chi connectivity index (χ2v) is 5.23. The number of halogens is 3. The lowest BCUT2D eigenvalue weighted by atomic mass is 10.1. The highest BCUT2D eigenvalue weighted by Gasteiger charge is 2.29. The van der Waals surface area contributed by atoms with Gasteiger partial charge in [0, 0.05) is 19.2 Å². The van der Waals surface area contributed by atoms with Gasteiger partial charge in [-0.25, -0.2) is 0 Å². The second kappa shape index (κ2) is 6.22. The molecule has 1 amide bonds. The molecule has 0 bridgehead atoms. The normalized spacial score (nSPS) is 11.3. The van der Waals surface area contributed by atoms with Crippen molar-refractivity contribution in [2.75, 3.05) is 7.05 Å². The number of hydrogen-bond donors (Lipinski definition) is 0. The van der Waals surface area contributed by atoms with Crippen LogP contribution in [0.25, 0.3) is 0 Å². The van der Waals surface area contributed by atoms with E-state index in [2.05, 4.69) is 0 Å². The molecule has 0 atom stereocenters. The Hall–Kier alpha value is -2.30. The molecule has 0 N–H and O–H groups in total. The molecule has 0 fully saturated rings. The van der Waals surface area contributed by atoms with Gasteiger partial charge < -0.3 is 4.90 Å². The summed E-state index contributed by atoms with van der Waals surface area (Å²) in [5.74, 6) is -0.163. The fraction of sp³-hybridized carbons (Fsp3) is 0.235. The molecule has 2 rings (SSSR count). The van der Waals surface area contributed by atoms with Gasteiger partial charge in [0.2, 0.25) is 0 Å². The lowest BCUT2D eigenvalue weighted by molar-refractivity contribution is -0.137. The van der Waals surface area contributed by atoms with E-state index in [1.165, 1.54) is 17.0 Å². The van der Waals surface area contributed by atoms with E-state index in [1.54, 1.807) is 25.2 Å². The van der Waals surface area contributed by atoms with Crippen LogP contribution in [-0.2, 0) is 12.7 Å². The molecular weight excluding hydrogens is 291 g/mol. The molecule has 0 spiro atoms. The topological polar surface area (TPSA) is 20.3 Å². The predicted molar refractivity (Wildman–Crippen MR) is 78.4 cm³/mol. The third kappa shape index (κ3) is 3.87. The summed E-state index contributed by atoms with van der Waals surface area (Å²) in [6.45, 7) is 2.15. The van der Waals surface area contributed by atoms with Crippen molar-refractivity contribution in [1.29, 1.82) is 0 Å². The van der Waals surface area contributed by atoms with Crippen LogP contribution in [0.3, 0.4) is 0 Å². The molecule has 0 heterocycles. The number of amides is 1. The summed E-state index contributed by atoms with van der Waals surface area (Å²) < 4.78 is 37.5. The van der Waals surface area contributed by atoms with Gasteiger partial charge in [0.1, 0.15) is 0 Å². The van der Waals surface area contributed by atoms with Crippen molar-refractivity contribution >= 4 is 5.91 Å². The molecule has 0 radical (unpaired) electrons. The molecule has 0 aliphatic carbocycles. The van der Waals surface area contributed by atoms with Gasteiger partial charge in [-0.1, -0.05) is 29.8 Å². The Labute approximate surface area is 127 Å². The maximum absolute atomic E-state index is 12.5. The average molecular weight is 307 g/mol. The van der Waals surface area contributed by atoms with Gasteiger partial charge in [-0.2, -0.15) is 13.2 Å². The van der Waals surface area contributed by atoms with Crippen LogP contribution in [-0.4, -0.2) is 17.9 Å². The molecule has 2 aromatic carbocycles. The summed E-state index contributed by atoms with van der Waals surface area (Å²) in [5.41, 5.74) is 1.50. The first-order chi connectivity index (χ1) is 10.3. The molecule has 2 nitrogen and oxygen atoms in total. The largest absolute Gasteiger partial charge is 0.416 e. The number of nitrogens with zero attached hydrogens (tertiary/aromatic N) is 1. The monoisotopic (exact) mass is 307 g/mol. The highest BCUT2D eigenvalue weighted by atomic mass is 19.4. The minimum Gasteiger partial charge on any atom is -0.337 e. The number of carbonyl (C=O) groups is 1. The minimum atomic E-state index is -4.35. The fourth-order valence-corrected chi connectivity index (χ4v) is 2.14. The molecule has 22 heavy (non-hydrogen) atoms. The van der Waals surface area contributed by atoms with Crippen molar-refractivity contribution in [3.63, 3.8) is 0 Å². The molecule has 2 aromatic rings. The van der Waals surface area contributed by atoms with Crippen LogP contribution >= 0.6 is 0 Å². The van der Waals surface area contributed by atoms with E-state index < -0.39 is 11.7 Å². The number of alkyl halides is 3. The molecule has 0 saturated heterocycles. The van der Waals surface area contributed by atoms with Gasteiger partial charge in [-0.05, 0) is 36.8 Å². The lowest BCUT2D eigenvalue weighted by Gasteiger charge is -2.18. The van der Waals surface area contributed by atoms with Crippen LogP contribution in [0.2, 0.25) is 0 Å². The Morgan fingerprint density at radius 1 is 1.09 bits per heavy atom. The molecule has 0 aliphatic rings. The molecule has 0 aliphatic heterocycles. The van der Waals surface area contributed by atoms with Crippen molar-refractivity contribution in [2.45, 2.75) is 19.6 Å². The highest BCUT2D eigenvalue weighted by molar-refractivity contribution is 5.94. The predicted octanol–water partition coefficient (Wildman–Crippen LogP) is 4.29. The molecular formula is C17H16F3NO. The summed E-state index contributed by atoms with van der Waals surface area (Å²) >= 11 is 0. The van der Waals surface area contributed by atoms with Gasteiger partial charge in [0.15, 0.2) is 0 Å². The number of hydrogen-bond acceptors (Lipinski definition) is 1. The maximum Gasteiger partial charge on any atom is 0.416 e. The van der Waals surface area contributed by atoms with Crippen LogP contribution in [0.1, 0.15) is 27.0 Å². The maximum atomic E-state index is 12.5. The molecule has 116 valence electrons. The zero-order chi connectivity index (χ0) is 16.3. The van der Waals surface area contributed by atoms with Crippen LogP contribution in [0.5, 0.6) is 0 Å². The highest BCUT2D eigenvalue weighted by Crippen LogP contribution is 2.29. The third-order valence-corrected chi connectivity index (χ3v) is 3.31. The first-order valence-electron chi connectivity index (χ1n) is 6.75. The third-order valence-electron chi connectivity index (χ3n) is 3.31. The van der Waals surface area contributed by atoms with Gasteiger partial charge in [0.25, 0.3) is 5.91 Å². The zero-order valence-corrected chi connectivity index (χ0v) is 12.3. The van der Waals surface area contributed by atoms with Crippen molar-refractivity contribution in [1.82, 2.24) is 4.90 Å². The Morgan fingerprint density at radius 2 is 1.73 bits per heavy atom. The Bertz CT molecular complexity index is 662. The standard InChI is InChI=1S/C17H16F3NO/c1-12-4-3-5-14(10-12)16(22)21(2)11-13-6-8-15(9-7-13)17(18,19)20/h3-10H,11H2,1-2H3. The van der Waals surface area contributed by atoms with E-state index in [4.69, 9.17) is 0 Å². The number of rotatable bonds is 3. The van der Waals surface area contributed by atoms with E-state index in [0.29, 0.717) is 11.1 Å². The first-order valence-corrected chi connectivity index (χ1v) is 6.75. The van der Waals surface area contributed by atoms with Gasteiger partial charge >= 0.3 is 6.18 Å². The molecule has 0 unspecified atom stereocenters. The summed E-state index contributed by atoms with van der Waals surface area (Å²) in [6.07, 6.45) is -4.35. The molecule has 0 saturated carbocycles. The smallest absolute Gasteiger partial charge is 0.337 e. The molecule has 0 aromatic heterocycles. The van der Waals surface area contributed by atoms with Crippen molar-refractivity contribution < 1.29 is 18.0 Å². The lowest BCUT2D eigenvalue weighted by Crippen LogP contribution is -2.26. The molecule has 5 heteroatoms. The van der Waals surface area contributed by atoms with Crippen LogP contribution in [0.15, 0.2) is 48.5 Å². The van der Waals surface area contributed by atoms with Gasteiger partial charge in [0.05, 0.1) is 5.56 Å². The fourth-order valence-electron chi connectivity index (χ4n) is 2.14. The summed E-state index contributed by atoms with van der Waals surface area (Å²) in [7, 11) is 1.63. The second-order valence-electron chi connectivity index (χ2n) is 5.23. The van der Waals surface area contributed by atoms with E-state index in [1.807, 2.05) is 13.0 Å². The zero-order valence-electron chi connectivity index (χ0n) is 12.3. The van der Waals surface area contributed by atoms with Crippen molar-refractivity contribution in [3.05, 3.63) is 70.8 Å². The van der Waals surface area contributed by atoms with Gasteiger partial charge in [-0.3, -0.25) is 4.79 Å². The van der Waals surface area contributed by atoms with E-state index >= 15 is 0 Å². The van der Waals surface area contributed by atoms with Crippen LogP contribution in [0, 0.1) is 6.92 Å². The quantitative estimate of drug-likeness (QED) is 0.828. The van der Waals surface area contributed by atoms with Gasteiger partial charge in [-0.15, -0.1) is 0 Å². The number of aryl methyl sites for hydroxylation is 1. The Balaban J connectivity index is 2.08. The van der Waals surface area contributed by atoms with Crippen LogP contribution < -0.4 is 0 Å². The first kappa shape index (κ1) is 16.1. The van der Waals surface area contributed by atoms with E-state index in [0.717, 1.165) is 17.7 Å². The van der Waals surface area contributed by atoms with Crippen molar-refractivity contribution in [3.8, 4) is 0 Å². The van der Waals surface area contributed by atoms with Crippen LogP contribution in [0.4, 0.5) is 13.2 Å². The van der Waals surface area contributed by atoms with E-state index in [-0.39, 0.29) is 12.5 Å². The van der Waals surface area contributed by atoms with E-state index in [9.17, 15) is 18.0 Å². The Morgan fingerprint density at radius 3 is 2.27 bits per heavy atom. The SMILES string of the molecule is Cc1cccc(C(=O)N(C)Cc2ccc(C(F)(F)F)cc2)c1. The summed E-state index contributed by atoms with van der Waals surface area (Å²) in [4.78, 5) is 13.8. The minimum absolute atomic E-state index is 0.163.